The molecular formula is C45H30N2OS. The molecular weight excluding hydrogens is 617 g/mol. The molecule has 0 spiro atoms. The summed E-state index contributed by atoms with van der Waals surface area (Å²) in [5, 5.41) is 5.82. The Balaban J connectivity index is 1.31. The summed E-state index contributed by atoms with van der Waals surface area (Å²) < 4.78 is 7.79. The zero-order valence-electron chi connectivity index (χ0n) is 26.9. The Hall–Kier alpha value is -5.84. The number of furan rings is 1. The third-order valence-corrected chi connectivity index (χ3v) is 11.2. The van der Waals surface area contributed by atoms with Crippen LogP contribution >= 0.6 is 11.3 Å². The monoisotopic (exact) mass is 646 g/mol. The van der Waals surface area contributed by atoms with Gasteiger partial charge in [-0.05, 0) is 76.0 Å². The molecule has 0 saturated heterocycles. The highest BCUT2D eigenvalue weighted by Crippen LogP contribution is 2.48. The van der Waals surface area contributed by atoms with Crippen LogP contribution < -0.4 is 0 Å². The second kappa shape index (κ2) is 11.1. The van der Waals surface area contributed by atoms with Crippen molar-refractivity contribution in [1.29, 1.82) is 0 Å². The van der Waals surface area contributed by atoms with Crippen LogP contribution in [0.5, 0.6) is 0 Å². The van der Waals surface area contributed by atoms with E-state index in [1.165, 1.54) is 36.9 Å². The summed E-state index contributed by atoms with van der Waals surface area (Å²) >= 11 is 1.89. The van der Waals surface area contributed by atoms with E-state index in [0.717, 1.165) is 62.0 Å². The molecule has 0 amide bonds. The van der Waals surface area contributed by atoms with Gasteiger partial charge in [0.15, 0.2) is 5.82 Å². The number of allylic oxidation sites excluding steroid dienone is 1. The minimum Gasteiger partial charge on any atom is -0.456 e. The molecule has 3 aromatic heterocycles. The first kappa shape index (κ1) is 28.2. The van der Waals surface area contributed by atoms with Gasteiger partial charge in [-0.25, -0.2) is 9.97 Å². The summed E-state index contributed by atoms with van der Waals surface area (Å²) in [6.07, 6.45) is 5.69. The minimum absolute atomic E-state index is 0.485. The van der Waals surface area contributed by atoms with Crippen molar-refractivity contribution in [3.63, 3.8) is 0 Å². The fourth-order valence-corrected chi connectivity index (χ4v) is 8.96. The molecule has 0 fully saturated rings. The normalized spacial score (nSPS) is 14.3. The number of nitrogens with zero attached hydrogens (tertiary/aromatic N) is 2. The van der Waals surface area contributed by atoms with E-state index >= 15 is 0 Å². The van der Waals surface area contributed by atoms with Crippen molar-refractivity contribution in [2.75, 3.05) is 0 Å². The van der Waals surface area contributed by atoms with Crippen LogP contribution in [-0.4, -0.2) is 9.97 Å². The van der Waals surface area contributed by atoms with Crippen LogP contribution in [-0.2, 0) is 0 Å². The average Bonchev–Trinajstić information content (AvgIpc) is 3.74. The topological polar surface area (TPSA) is 38.9 Å². The first-order valence-electron chi connectivity index (χ1n) is 16.8. The number of para-hydroxylation sites is 1. The van der Waals surface area contributed by atoms with Gasteiger partial charge in [0, 0.05) is 42.6 Å². The smallest absolute Gasteiger partial charge is 0.161 e. The Morgan fingerprint density at radius 1 is 0.633 bits per heavy atom. The van der Waals surface area contributed by atoms with Crippen molar-refractivity contribution in [3.05, 3.63) is 150 Å². The first-order valence-corrected chi connectivity index (χ1v) is 17.6. The zero-order chi connectivity index (χ0) is 32.5. The summed E-state index contributed by atoms with van der Waals surface area (Å²) in [5.41, 5.74) is 10.3. The Kier molecular flexibility index (Phi) is 6.40. The molecule has 9 aromatic rings. The van der Waals surface area contributed by atoms with E-state index in [2.05, 4.69) is 134 Å². The van der Waals surface area contributed by atoms with Gasteiger partial charge in [-0.15, -0.1) is 11.3 Å². The van der Waals surface area contributed by atoms with Gasteiger partial charge in [-0.1, -0.05) is 116 Å². The molecule has 1 aliphatic rings. The van der Waals surface area contributed by atoms with Gasteiger partial charge < -0.3 is 4.42 Å². The van der Waals surface area contributed by atoms with Crippen LogP contribution in [0.1, 0.15) is 29.7 Å². The lowest BCUT2D eigenvalue weighted by atomic mass is 9.89. The Labute approximate surface area is 287 Å². The molecule has 0 aliphatic heterocycles. The number of thiophene rings is 1. The summed E-state index contributed by atoms with van der Waals surface area (Å²) in [7, 11) is 0. The van der Waals surface area contributed by atoms with E-state index in [1.807, 2.05) is 29.5 Å². The molecule has 0 bridgehead atoms. The van der Waals surface area contributed by atoms with Crippen molar-refractivity contribution in [2.45, 2.75) is 19.3 Å². The maximum absolute atomic E-state index is 6.49. The summed E-state index contributed by atoms with van der Waals surface area (Å²) in [6.45, 7) is 2.34. The molecule has 4 heteroatoms. The highest BCUT2D eigenvalue weighted by Gasteiger charge is 2.25. The van der Waals surface area contributed by atoms with Crippen molar-refractivity contribution in [1.82, 2.24) is 9.97 Å². The lowest BCUT2D eigenvalue weighted by Crippen LogP contribution is -1.98. The molecule has 49 heavy (non-hydrogen) atoms. The number of fused-ring (bicyclic) bond motifs is 7. The highest BCUT2D eigenvalue weighted by atomic mass is 32.1. The number of aromatic nitrogens is 2. The molecule has 0 saturated carbocycles. The van der Waals surface area contributed by atoms with Gasteiger partial charge in [-0.2, -0.15) is 0 Å². The largest absolute Gasteiger partial charge is 0.456 e. The van der Waals surface area contributed by atoms with Gasteiger partial charge in [0.25, 0.3) is 0 Å². The van der Waals surface area contributed by atoms with E-state index in [0.29, 0.717) is 11.7 Å². The van der Waals surface area contributed by atoms with Crippen LogP contribution in [0.4, 0.5) is 0 Å². The number of hydrogen-bond donors (Lipinski definition) is 0. The van der Waals surface area contributed by atoms with Gasteiger partial charge in [0.05, 0.1) is 11.4 Å². The third kappa shape index (κ3) is 4.56. The SMILES string of the molecule is CC1CC=Cc2sc3c(-c4ccc5oc6ccccc6c5c4-c4nc(-c5ccccc5)cc(-c5ccc6ccccc6c5)n4)cccc3c21. The molecule has 232 valence electrons. The maximum Gasteiger partial charge on any atom is 0.161 e. The lowest BCUT2D eigenvalue weighted by Gasteiger charge is -2.15. The van der Waals surface area contributed by atoms with Gasteiger partial charge in [-0.3, -0.25) is 0 Å². The zero-order valence-corrected chi connectivity index (χ0v) is 27.7. The molecule has 0 radical (unpaired) electrons. The summed E-state index contributed by atoms with van der Waals surface area (Å²) in [6, 6.07) is 47.0. The Morgan fingerprint density at radius 2 is 1.41 bits per heavy atom. The van der Waals surface area contributed by atoms with Crippen LogP contribution in [0.3, 0.4) is 0 Å². The molecule has 3 heterocycles. The van der Waals surface area contributed by atoms with E-state index in [9.17, 15) is 0 Å². The molecule has 1 atom stereocenters. The van der Waals surface area contributed by atoms with Gasteiger partial charge >= 0.3 is 0 Å². The predicted octanol–water partition coefficient (Wildman–Crippen LogP) is 12.9. The van der Waals surface area contributed by atoms with Crippen LogP contribution in [0.2, 0.25) is 0 Å². The van der Waals surface area contributed by atoms with Crippen molar-refractivity contribution in [2.24, 2.45) is 0 Å². The van der Waals surface area contributed by atoms with Crippen molar-refractivity contribution < 1.29 is 4.42 Å². The standard InChI is InChI=1S/C45H30N2OS/c1-27-11-9-20-40-41(27)35-18-10-17-33(44(35)49-40)32-23-24-39-42(34-16-7-8-19-38(34)48-39)43(32)45-46-36(29-13-3-2-4-14-29)26-37(47-45)31-22-21-28-12-5-6-15-30(28)25-31/h2-10,12-27H,11H2,1H3. The second-order valence-corrected chi connectivity index (χ2v) is 14.0. The van der Waals surface area contributed by atoms with E-state index in [-0.39, 0.29) is 0 Å². The van der Waals surface area contributed by atoms with E-state index in [1.54, 1.807) is 0 Å². The quantitative estimate of drug-likeness (QED) is 0.191. The van der Waals surface area contributed by atoms with Crippen LogP contribution in [0, 0.1) is 0 Å². The molecule has 6 aromatic carbocycles. The molecule has 10 rings (SSSR count). The fourth-order valence-electron chi connectivity index (χ4n) is 7.58. The second-order valence-electron chi connectivity index (χ2n) is 13.0. The highest BCUT2D eigenvalue weighted by molar-refractivity contribution is 7.20. The van der Waals surface area contributed by atoms with Crippen molar-refractivity contribution in [3.8, 4) is 45.0 Å². The van der Waals surface area contributed by atoms with E-state index < -0.39 is 0 Å². The van der Waals surface area contributed by atoms with E-state index in [4.69, 9.17) is 14.4 Å². The molecule has 1 aliphatic carbocycles. The Morgan fingerprint density at radius 3 is 2.31 bits per heavy atom. The molecule has 3 nitrogen and oxygen atoms in total. The fraction of sp³-hybridized carbons (Fsp3) is 0.0667. The molecule has 1 unspecified atom stereocenters. The predicted molar refractivity (Wildman–Crippen MR) is 206 cm³/mol. The average molecular weight is 647 g/mol. The summed E-state index contributed by atoms with van der Waals surface area (Å²) in [5.74, 6) is 1.17. The third-order valence-electron chi connectivity index (χ3n) is 9.93. The van der Waals surface area contributed by atoms with Crippen LogP contribution in [0.15, 0.2) is 144 Å². The maximum atomic E-state index is 6.49. The summed E-state index contributed by atoms with van der Waals surface area (Å²) in [4.78, 5) is 12.2. The first-order chi connectivity index (χ1) is 24.2. The Bertz CT molecular complexity index is 2770. The number of rotatable bonds is 4. The minimum atomic E-state index is 0.485. The number of benzene rings is 6. The van der Waals surface area contributed by atoms with Crippen molar-refractivity contribution >= 4 is 60.2 Å². The van der Waals surface area contributed by atoms with Gasteiger partial charge in [0.1, 0.15) is 11.2 Å². The number of hydrogen-bond acceptors (Lipinski definition) is 4. The van der Waals surface area contributed by atoms with Crippen LogP contribution in [0.25, 0.3) is 93.9 Å². The lowest BCUT2D eigenvalue weighted by molar-refractivity contribution is 0.669. The molecule has 0 N–H and O–H groups in total. The van der Waals surface area contributed by atoms with Gasteiger partial charge in [0.2, 0.25) is 0 Å².